The molecule has 0 N–H and O–H groups in total. The van der Waals surface area contributed by atoms with E-state index in [9.17, 15) is 9.59 Å². The second-order valence-electron chi connectivity index (χ2n) is 11.5. The van der Waals surface area contributed by atoms with Crippen molar-refractivity contribution >= 4 is 17.0 Å². The predicted molar refractivity (Wildman–Crippen MR) is 152 cm³/mol. The number of piperidine rings is 1. The van der Waals surface area contributed by atoms with E-state index in [1.54, 1.807) is 0 Å². The van der Waals surface area contributed by atoms with Crippen molar-refractivity contribution in [3.05, 3.63) is 70.0 Å². The van der Waals surface area contributed by atoms with E-state index in [2.05, 4.69) is 11.0 Å². The molecule has 3 heterocycles. The maximum atomic E-state index is 13.3. The Morgan fingerprint density at radius 3 is 2.46 bits per heavy atom. The van der Waals surface area contributed by atoms with Crippen molar-refractivity contribution < 1.29 is 19.0 Å². The van der Waals surface area contributed by atoms with Gasteiger partial charge >= 0.3 is 6.09 Å². The predicted octanol–water partition coefficient (Wildman–Crippen LogP) is 4.98. The second-order valence-corrected chi connectivity index (χ2v) is 11.5. The van der Waals surface area contributed by atoms with Gasteiger partial charge in [0, 0.05) is 44.3 Å². The molecule has 0 saturated carbocycles. The lowest BCUT2D eigenvalue weighted by Crippen LogP contribution is -2.49. The van der Waals surface area contributed by atoms with E-state index in [0.717, 1.165) is 66.0 Å². The van der Waals surface area contributed by atoms with Gasteiger partial charge < -0.3 is 28.6 Å². The molecule has 2 aliphatic rings. The first-order chi connectivity index (χ1) is 18.7. The Labute approximate surface area is 230 Å². The molecular formula is C31H39N3O5. The number of hydrogen-bond acceptors (Lipinski definition) is 6. The molecule has 0 aliphatic carbocycles. The van der Waals surface area contributed by atoms with Crippen LogP contribution >= 0.6 is 0 Å². The van der Waals surface area contributed by atoms with Crippen LogP contribution in [-0.2, 0) is 17.8 Å². The number of benzene rings is 2. The number of likely N-dealkylation sites (tertiary alicyclic amines) is 1. The molecule has 1 fully saturated rings. The lowest BCUT2D eigenvalue weighted by atomic mass is 10.0. The maximum absolute atomic E-state index is 13.3. The Morgan fingerprint density at radius 2 is 1.72 bits per heavy atom. The van der Waals surface area contributed by atoms with Crippen LogP contribution in [0.15, 0.2) is 53.3 Å². The van der Waals surface area contributed by atoms with Crippen LogP contribution in [0.5, 0.6) is 11.5 Å². The number of aryl methyl sites for hydroxylation is 1. The lowest BCUT2D eigenvalue weighted by Gasteiger charge is -2.39. The number of fused-ring (bicyclic) bond motifs is 2. The normalized spacial score (nSPS) is 16.3. The van der Waals surface area contributed by atoms with Crippen molar-refractivity contribution in [3.63, 3.8) is 0 Å². The van der Waals surface area contributed by atoms with Crippen molar-refractivity contribution in [1.82, 2.24) is 14.4 Å². The highest BCUT2D eigenvalue weighted by Crippen LogP contribution is 2.32. The van der Waals surface area contributed by atoms with Crippen LogP contribution in [0.3, 0.4) is 0 Å². The average molecular weight is 534 g/mol. The molecule has 2 aliphatic heterocycles. The van der Waals surface area contributed by atoms with Crippen molar-refractivity contribution in [3.8, 4) is 11.5 Å². The summed E-state index contributed by atoms with van der Waals surface area (Å²) in [6.07, 6.45) is 1.38. The summed E-state index contributed by atoms with van der Waals surface area (Å²) in [5, 5.41) is 1.08. The van der Waals surface area contributed by atoms with Gasteiger partial charge in [0.2, 0.25) is 0 Å². The van der Waals surface area contributed by atoms with E-state index in [1.165, 1.54) is 0 Å². The Morgan fingerprint density at radius 1 is 1.00 bits per heavy atom. The highest BCUT2D eigenvalue weighted by Gasteiger charge is 2.31. The molecule has 1 aromatic heterocycles. The van der Waals surface area contributed by atoms with E-state index >= 15 is 0 Å². The van der Waals surface area contributed by atoms with Gasteiger partial charge in [0.1, 0.15) is 18.8 Å². The van der Waals surface area contributed by atoms with E-state index in [-0.39, 0.29) is 17.7 Å². The summed E-state index contributed by atoms with van der Waals surface area (Å²) in [6, 6.07) is 15.9. The van der Waals surface area contributed by atoms with Gasteiger partial charge in [-0.3, -0.25) is 4.79 Å². The molecule has 3 aromatic rings. The fourth-order valence-corrected chi connectivity index (χ4v) is 5.44. The highest BCUT2D eigenvalue weighted by molar-refractivity contribution is 5.79. The number of ether oxygens (including phenoxy) is 3. The topological polar surface area (TPSA) is 73.2 Å². The number of rotatable bonds is 6. The number of amides is 1. The van der Waals surface area contributed by atoms with Crippen LogP contribution in [-0.4, -0.2) is 65.0 Å². The first kappa shape index (κ1) is 27.1. The number of hydrogen-bond donors (Lipinski definition) is 0. The standard InChI is InChI=1S/C31H39N3O5/c1-22-19-24-7-5-6-8-26(24)33(29(22)35)16-15-32-13-11-25(12-14-32)34(30(36)39-31(2,3)4)21-23-9-10-27-28(20-23)38-18-17-37-27/h5-10,19-20,25H,11-18,21H2,1-4H3. The van der Waals surface area contributed by atoms with Gasteiger partial charge in [-0.05, 0) is 75.8 Å². The lowest BCUT2D eigenvalue weighted by molar-refractivity contribution is 0.00562. The molecule has 2 aromatic carbocycles. The minimum absolute atomic E-state index is 0.0619. The van der Waals surface area contributed by atoms with E-state index in [0.29, 0.717) is 26.3 Å². The number of pyridine rings is 1. The molecule has 0 unspecified atom stereocenters. The summed E-state index contributed by atoms with van der Waals surface area (Å²) in [6.45, 7) is 12.2. The quantitative estimate of drug-likeness (QED) is 0.445. The van der Waals surface area contributed by atoms with Crippen LogP contribution in [0.2, 0.25) is 0 Å². The van der Waals surface area contributed by atoms with Crippen molar-refractivity contribution in [2.45, 2.75) is 65.3 Å². The van der Waals surface area contributed by atoms with E-state index < -0.39 is 5.60 Å². The Balaban J connectivity index is 1.26. The molecule has 39 heavy (non-hydrogen) atoms. The smallest absolute Gasteiger partial charge is 0.410 e. The Kier molecular flexibility index (Phi) is 7.84. The zero-order chi connectivity index (χ0) is 27.6. The molecule has 0 atom stereocenters. The maximum Gasteiger partial charge on any atom is 0.410 e. The minimum Gasteiger partial charge on any atom is -0.486 e. The third-order valence-electron chi connectivity index (χ3n) is 7.41. The van der Waals surface area contributed by atoms with E-state index in [4.69, 9.17) is 14.2 Å². The van der Waals surface area contributed by atoms with Crippen LogP contribution in [0.4, 0.5) is 4.79 Å². The fourth-order valence-electron chi connectivity index (χ4n) is 5.44. The first-order valence-electron chi connectivity index (χ1n) is 13.9. The molecule has 208 valence electrons. The van der Waals surface area contributed by atoms with Gasteiger partial charge in [-0.2, -0.15) is 0 Å². The summed E-state index contributed by atoms with van der Waals surface area (Å²) >= 11 is 0. The number of para-hydroxylation sites is 1. The molecule has 8 heteroatoms. The van der Waals surface area contributed by atoms with Gasteiger partial charge in [0.15, 0.2) is 11.5 Å². The summed E-state index contributed by atoms with van der Waals surface area (Å²) < 4.78 is 19.1. The molecule has 0 spiro atoms. The van der Waals surface area contributed by atoms with Gasteiger partial charge in [0.25, 0.3) is 5.56 Å². The largest absolute Gasteiger partial charge is 0.486 e. The van der Waals surface area contributed by atoms with E-state index in [1.807, 2.05) is 79.6 Å². The first-order valence-corrected chi connectivity index (χ1v) is 13.9. The van der Waals surface area contributed by atoms with Crippen molar-refractivity contribution in [1.29, 1.82) is 0 Å². The second kappa shape index (κ2) is 11.3. The van der Waals surface area contributed by atoms with Crippen molar-refractivity contribution in [2.75, 3.05) is 32.8 Å². The Hall–Kier alpha value is -3.52. The SMILES string of the molecule is Cc1cc2ccccc2n(CCN2CCC(N(Cc3ccc4c(c3)OCCO4)C(=O)OC(C)(C)C)CC2)c1=O. The third kappa shape index (κ3) is 6.38. The highest BCUT2D eigenvalue weighted by atomic mass is 16.6. The number of carbonyl (C=O) groups is 1. The van der Waals surface area contributed by atoms with Crippen molar-refractivity contribution in [2.24, 2.45) is 0 Å². The molecule has 8 nitrogen and oxygen atoms in total. The number of carbonyl (C=O) groups excluding carboxylic acids is 1. The molecule has 5 rings (SSSR count). The summed E-state index contributed by atoms with van der Waals surface area (Å²) in [7, 11) is 0. The van der Waals surface area contributed by atoms with Crippen LogP contribution in [0.25, 0.3) is 10.9 Å². The minimum atomic E-state index is -0.577. The zero-order valence-corrected chi connectivity index (χ0v) is 23.4. The summed E-state index contributed by atoms with van der Waals surface area (Å²) in [5.74, 6) is 1.46. The van der Waals surface area contributed by atoms with Gasteiger partial charge in [-0.1, -0.05) is 24.3 Å². The van der Waals surface area contributed by atoms with Crippen LogP contribution in [0, 0.1) is 6.92 Å². The monoisotopic (exact) mass is 533 g/mol. The molecule has 0 radical (unpaired) electrons. The number of aromatic nitrogens is 1. The fraction of sp³-hybridized carbons (Fsp3) is 0.484. The average Bonchev–Trinajstić information content (AvgIpc) is 2.91. The Bertz CT molecular complexity index is 1390. The summed E-state index contributed by atoms with van der Waals surface area (Å²) in [5.41, 5.74) is 2.21. The van der Waals surface area contributed by atoms with Crippen LogP contribution < -0.4 is 15.0 Å². The molecular weight excluding hydrogens is 494 g/mol. The molecule has 1 saturated heterocycles. The van der Waals surface area contributed by atoms with Crippen LogP contribution in [0.1, 0.15) is 44.7 Å². The van der Waals surface area contributed by atoms with Gasteiger partial charge in [-0.25, -0.2) is 4.79 Å². The third-order valence-corrected chi connectivity index (χ3v) is 7.41. The summed E-state index contributed by atoms with van der Waals surface area (Å²) in [4.78, 5) is 30.5. The molecule has 0 bridgehead atoms. The van der Waals surface area contributed by atoms with Gasteiger partial charge in [0.05, 0.1) is 5.52 Å². The molecule has 1 amide bonds. The zero-order valence-electron chi connectivity index (χ0n) is 23.4. The van der Waals surface area contributed by atoms with Gasteiger partial charge in [-0.15, -0.1) is 0 Å². The number of nitrogens with zero attached hydrogens (tertiary/aromatic N) is 3.